The lowest BCUT2D eigenvalue weighted by atomic mass is 10.2. The van der Waals surface area contributed by atoms with Crippen molar-refractivity contribution in [3.05, 3.63) is 22.4 Å². The van der Waals surface area contributed by atoms with Gasteiger partial charge in [-0.1, -0.05) is 32.8 Å². The normalized spacial score (nSPS) is 18.1. The maximum atomic E-state index is 12.2. The standard InChI is InChI=1S/C15H27N3O2S2/c1-3-18(4-2)14(15-10-7-11-21-15)12-16-22(19,20)17-13-8-5-6-9-13/h7,10-11,13-14,16-17H,3-6,8-9,12H2,1-2H3. The number of hydrogen-bond donors (Lipinski definition) is 2. The van der Waals surface area contributed by atoms with Crippen LogP contribution in [0.3, 0.4) is 0 Å². The molecule has 7 heteroatoms. The number of nitrogens with one attached hydrogen (secondary N) is 2. The fraction of sp³-hybridized carbons (Fsp3) is 0.733. The Hall–Kier alpha value is -0.470. The minimum Gasteiger partial charge on any atom is -0.295 e. The fourth-order valence-electron chi connectivity index (χ4n) is 3.05. The molecule has 0 aliphatic heterocycles. The van der Waals surface area contributed by atoms with Gasteiger partial charge < -0.3 is 0 Å². The first-order chi connectivity index (χ1) is 10.6. The van der Waals surface area contributed by atoms with Crippen LogP contribution in [0.15, 0.2) is 17.5 Å². The first-order valence-corrected chi connectivity index (χ1v) is 10.5. The Balaban J connectivity index is 1.98. The molecule has 0 radical (unpaired) electrons. The van der Waals surface area contributed by atoms with Gasteiger partial charge in [-0.25, -0.2) is 4.72 Å². The maximum absolute atomic E-state index is 12.2. The lowest BCUT2D eigenvalue weighted by Crippen LogP contribution is -2.45. The summed E-state index contributed by atoms with van der Waals surface area (Å²) < 4.78 is 30.0. The molecule has 2 N–H and O–H groups in total. The molecule has 22 heavy (non-hydrogen) atoms. The van der Waals surface area contributed by atoms with E-state index in [1.165, 1.54) is 4.88 Å². The van der Waals surface area contributed by atoms with E-state index in [2.05, 4.69) is 34.3 Å². The van der Waals surface area contributed by atoms with Crippen LogP contribution in [0.4, 0.5) is 0 Å². The van der Waals surface area contributed by atoms with Gasteiger partial charge in [-0.05, 0) is 37.4 Å². The quantitative estimate of drug-likeness (QED) is 0.723. The van der Waals surface area contributed by atoms with Gasteiger partial charge in [-0.15, -0.1) is 11.3 Å². The van der Waals surface area contributed by atoms with Crippen LogP contribution in [-0.2, 0) is 10.2 Å². The van der Waals surface area contributed by atoms with Crippen LogP contribution in [0.1, 0.15) is 50.4 Å². The van der Waals surface area contributed by atoms with Gasteiger partial charge in [0.2, 0.25) is 0 Å². The van der Waals surface area contributed by atoms with Gasteiger partial charge in [-0.3, -0.25) is 4.90 Å². The second kappa shape index (κ2) is 8.40. The number of rotatable bonds is 9. The minimum atomic E-state index is -3.42. The molecule has 1 unspecified atom stereocenters. The molecule has 1 atom stereocenters. The molecule has 1 aliphatic rings. The monoisotopic (exact) mass is 345 g/mol. The van der Waals surface area contributed by atoms with Crippen molar-refractivity contribution in [2.75, 3.05) is 19.6 Å². The van der Waals surface area contributed by atoms with Gasteiger partial charge >= 0.3 is 0 Å². The zero-order chi connectivity index (χ0) is 16.0. The molecule has 0 amide bonds. The Labute approximate surface area is 138 Å². The van der Waals surface area contributed by atoms with Crippen molar-refractivity contribution in [1.82, 2.24) is 14.3 Å². The van der Waals surface area contributed by atoms with E-state index in [1.807, 2.05) is 11.4 Å². The molecule has 1 aliphatic carbocycles. The summed E-state index contributed by atoms with van der Waals surface area (Å²) in [5.74, 6) is 0. The van der Waals surface area contributed by atoms with Crippen LogP contribution in [-0.4, -0.2) is 39.0 Å². The Kier molecular flexibility index (Phi) is 6.83. The molecule has 1 heterocycles. The molecule has 0 spiro atoms. The lowest BCUT2D eigenvalue weighted by Gasteiger charge is -2.29. The predicted molar refractivity (Wildman–Crippen MR) is 92.3 cm³/mol. The third-order valence-corrected chi connectivity index (χ3v) is 6.43. The van der Waals surface area contributed by atoms with Crippen molar-refractivity contribution in [3.63, 3.8) is 0 Å². The van der Waals surface area contributed by atoms with Gasteiger partial charge in [-0.2, -0.15) is 13.1 Å². The number of likely N-dealkylation sites (N-methyl/N-ethyl adjacent to an activating group) is 1. The van der Waals surface area contributed by atoms with E-state index in [1.54, 1.807) is 11.3 Å². The summed E-state index contributed by atoms with van der Waals surface area (Å²) in [4.78, 5) is 3.48. The van der Waals surface area contributed by atoms with E-state index in [-0.39, 0.29) is 12.1 Å². The molecular weight excluding hydrogens is 318 g/mol. The summed E-state index contributed by atoms with van der Waals surface area (Å²) in [5.41, 5.74) is 0. The highest BCUT2D eigenvalue weighted by atomic mass is 32.2. The van der Waals surface area contributed by atoms with Crippen LogP contribution >= 0.6 is 11.3 Å². The molecule has 1 fully saturated rings. The highest BCUT2D eigenvalue weighted by Gasteiger charge is 2.24. The van der Waals surface area contributed by atoms with Crippen molar-refractivity contribution in [3.8, 4) is 0 Å². The van der Waals surface area contributed by atoms with Crippen molar-refractivity contribution in [1.29, 1.82) is 0 Å². The number of thiophene rings is 1. The van der Waals surface area contributed by atoms with Crippen molar-refractivity contribution < 1.29 is 8.42 Å². The van der Waals surface area contributed by atoms with Gasteiger partial charge in [0.1, 0.15) is 0 Å². The third-order valence-electron chi connectivity index (χ3n) is 4.27. The van der Waals surface area contributed by atoms with Gasteiger partial charge in [0.05, 0.1) is 6.04 Å². The summed E-state index contributed by atoms with van der Waals surface area (Å²) in [7, 11) is -3.42. The second-order valence-electron chi connectivity index (χ2n) is 5.70. The molecular formula is C15H27N3O2S2. The van der Waals surface area contributed by atoms with Gasteiger partial charge in [0, 0.05) is 17.5 Å². The van der Waals surface area contributed by atoms with Crippen LogP contribution in [0.25, 0.3) is 0 Å². The van der Waals surface area contributed by atoms with E-state index in [0.717, 1.165) is 38.8 Å². The Morgan fingerprint density at radius 2 is 2.00 bits per heavy atom. The smallest absolute Gasteiger partial charge is 0.277 e. The SMILES string of the molecule is CCN(CC)C(CNS(=O)(=O)NC1CCCC1)c1cccs1. The third kappa shape index (κ3) is 5.03. The summed E-state index contributed by atoms with van der Waals surface area (Å²) >= 11 is 1.68. The Bertz CT molecular complexity index is 521. The van der Waals surface area contributed by atoms with Crippen molar-refractivity contribution in [2.24, 2.45) is 0 Å². The average molecular weight is 346 g/mol. The molecule has 126 valence electrons. The molecule has 0 saturated heterocycles. The van der Waals surface area contributed by atoms with Crippen LogP contribution in [0, 0.1) is 0 Å². The zero-order valence-electron chi connectivity index (χ0n) is 13.4. The largest absolute Gasteiger partial charge is 0.295 e. The van der Waals surface area contributed by atoms with Crippen LogP contribution in [0.2, 0.25) is 0 Å². The number of nitrogens with zero attached hydrogens (tertiary/aromatic N) is 1. The second-order valence-corrected chi connectivity index (χ2v) is 8.21. The van der Waals surface area contributed by atoms with E-state index in [0.29, 0.717) is 6.54 Å². The predicted octanol–water partition coefficient (Wildman–Crippen LogP) is 2.50. The summed E-state index contributed by atoms with van der Waals surface area (Å²) in [5, 5.41) is 2.04. The molecule has 1 saturated carbocycles. The summed E-state index contributed by atoms with van der Waals surface area (Å²) in [6.07, 6.45) is 4.13. The van der Waals surface area contributed by atoms with E-state index in [4.69, 9.17) is 0 Å². The highest BCUT2D eigenvalue weighted by Crippen LogP contribution is 2.24. The van der Waals surface area contributed by atoms with Crippen molar-refractivity contribution >= 4 is 21.5 Å². The van der Waals surface area contributed by atoms with E-state index >= 15 is 0 Å². The maximum Gasteiger partial charge on any atom is 0.277 e. The topological polar surface area (TPSA) is 61.4 Å². The van der Waals surface area contributed by atoms with Gasteiger partial charge in [0.25, 0.3) is 10.2 Å². The van der Waals surface area contributed by atoms with Crippen LogP contribution < -0.4 is 9.44 Å². The zero-order valence-corrected chi connectivity index (χ0v) is 15.0. The fourth-order valence-corrected chi connectivity index (χ4v) is 5.04. The summed E-state index contributed by atoms with van der Waals surface area (Å²) in [6.45, 7) is 6.42. The molecule has 1 aromatic heterocycles. The first kappa shape index (κ1) is 17.9. The molecule has 5 nitrogen and oxygen atoms in total. The van der Waals surface area contributed by atoms with E-state index < -0.39 is 10.2 Å². The lowest BCUT2D eigenvalue weighted by molar-refractivity contribution is 0.223. The van der Waals surface area contributed by atoms with Crippen molar-refractivity contribution in [2.45, 2.75) is 51.6 Å². The summed E-state index contributed by atoms with van der Waals surface area (Å²) in [6, 6.07) is 4.29. The Morgan fingerprint density at radius 3 is 2.55 bits per heavy atom. The first-order valence-electron chi connectivity index (χ1n) is 8.10. The molecule has 2 rings (SSSR count). The molecule has 0 aromatic carbocycles. The average Bonchev–Trinajstić information content (AvgIpc) is 3.16. The molecule has 0 bridgehead atoms. The van der Waals surface area contributed by atoms with Crippen LogP contribution in [0.5, 0.6) is 0 Å². The molecule has 1 aromatic rings. The Morgan fingerprint density at radius 1 is 1.32 bits per heavy atom. The number of hydrogen-bond acceptors (Lipinski definition) is 4. The minimum absolute atomic E-state index is 0.0927. The highest BCUT2D eigenvalue weighted by molar-refractivity contribution is 7.87. The van der Waals surface area contributed by atoms with Gasteiger partial charge in [0.15, 0.2) is 0 Å². The van der Waals surface area contributed by atoms with E-state index in [9.17, 15) is 8.42 Å².